The van der Waals surface area contributed by atoms with E-state index in [0.29, 0.717) is 19.3 Å². The molecule has 1 saturated carbocycles. The number of aliphatic hydroxyl groups is 1. The molecule has 0 spiro atoms. The number of hydrogen-bond acceptors (Lipinski definition) is 4. The summed E-state index contributed by atoms with van der Waals surface area (Å²) in [6, 6.07) is 5.46. The van der Waals surface area contributed by atoms with E-state index < -0.39 is 20.7 Å². The van der Waals surface area contributed by atoms with E-state index in [0.717, 1.165) is 12.1 Å². The summed E-state index contributed by atoms with van der Waals surface area (Å²) in [5.74, 6) is 0. The molecule has 1 aliphatic rings. The minimum Gasteiger partial charge on any atom is -0.388 e. The van der Waals surface area contributed by atoms with Crippen LogP contribution in [0.3, 0.4) is 0 Å². The molecular formula is C12H17NO3S. The van der Waals surface area contributed by atoms with Crippen LogP contribution in [0.4, 0.5) is 0 Å². The summed E-state index contributed by atoms with van der Waals surface area (Å²) in [5, 5.41) is 9.87. The molecule has 1 aromatic heterocycles. The van der Waals surface area contributed by atoms with Crippen LogP contribution in [-0.4, -0.2) is 35.6 Å². The van der Waals surface area contributed by atoms with Crippen molar-refractivity contribution in [3.8, 4) is 0 Å². The topological polar surface area (TPSA) is 67.3 Å². The molecule has 0 aliphatic heterocycles. The quantitative estimate of drug-likeness (QED) is 0.873. The van der Waals surface area contributed by atoms with Crippen LogP contribution in [0.2, 0.25) is 0 Å². The molecule has 4 nitrogen and oxygen atoms in total. The van der Waals surface area contributed by atoms with Gasteiger partial charge in [0.2, 0.25) is 0 Å². The molecule has 2 rings (SSSR count). The summed E-state index contributed by atoms with van der Waals surface area (Å²) in [4.78, 5) is 4.15. The molecule has 0 saturated heterocycles. The van der Waals surface area contributed by atoms with E-state index in [2.05, 4.69) is 4.98 Å². The fourth-order valence-electron chi connectivity index (χ4n) is 2.65. The Hall–Kier alpha value is -0.940. The van der Waals surface area contributed by atoms with E-state index in [1.165, 1.54) is 6.26 Å². The highest BCUT2D eigenvalue weighted by Crippen LogP contribution is 2.36. The maximum absolute atomic E-state index is 11.7. The van der Waals surface area contributed by atoms with Crippen LogP contribution in [0, 0.1) is 0 Å². The van der Waals surface area contributed by atoms with Gasteiger partial charge in [-0.2, -0.15) is 0 Å². The SMILES string of the molecule is CS(=O)(=O)C1CCCC1(O)Cc1ccccn1. The van der Waals surface area contributed by atoms with Gasteiger partial charge in [0.05, 0.1) is 10.9 Å². The van der Waals surface area contributed by atoms with Crippen molar-refractivity contribution >= 4 is 9.84 Å². The maximum Gasteiger partial charge on any atom is 0.153 e. The van der Waals surface area contributed by atoms with Gasteiger partial charge >= 0.3 is 0 Å². The molecule has 0 radical (unpaired) electrons. The molecular weight excluding hydrogens is 238 g/mol. The fraction of sp³-hybridized carbons (Fsp3) is 0.583. The Kier molecular flexibility index (Phi) is 3.23. The van der Waals surface area contributed by atoms with Crippen LogP contribution < -0.4 is 0 Å². The second kappa shape index (κ2) is 4.38. The van der Waals surface area contributed by atoms with Crippen molar-refractivity contribution < 1.29 is 13.5 Å². The Bertz CT molecular complexity index is 486. The number of nitrogens with zero attached hydrogens (tertiary/aromatic N) is 1. The molecule has 2 unspecified atom stereocenters. The first-order valence-corrected chi connectivity index (χ1v) is 7.68. The summed E-state index contributed by atoms with van der Waals surface area (Å²) in [7, 11) is -3.21. The number of pyridine rings is 1. The van der Waals surface area contributed by atoms with Gasteiger partial charge in [0.25, 0.3) is 0 Å². The largest absolute Gasteiger partial charge is 0.388 e. The summed E-state index contributed by atoms with van der Waals surface area (Å²) >= 11 is 0. The number of aromatic nitrogens is 1. The first-order chi connectivity index (χ1) is 7.92. The van der Waals surface area contributed by atoms with Gasteiger partial charge in [-0.15, -0.1) is 0 Å². The predicted octanol–water partition coefficient (Wildman–Crippen LogP) is 0.952. The lowest BCUT2D eigenvalue weighted by atomic mass is 9.95. The monoisotopic (exact) mass is 255 g/mol. The normalized spacial score (nSPS) is 29.4. The van der Waals surface area contributed by atoms with E-state index in [1.54, 1.807) is 12.3 Å². The van der Waals surface area contributed by atoms with Crippen LogP contribution in [0.15, 0.2) is 24.4 Å². The molecule has 0 amide bonds. The van der Waals surface area contributed by atoms with Crippen LogP contribution in [0.5, 0.6) is 0 Å². The summed E-state index contributed by atoms with van der Waals surface area (Å²) < 4.78 is 23.3. The average Bonchev–Trinajstić information content (AvgIpc) is 2.61. The number of rotatable bonds is 3. The highest BCUT2D eigenvalue weighted by molar-refractivity contribution is 7.91. The standard InChI is InChI=1S/C12H17NO3S/c1-17(15,16)11-6-4-7-12(11,14)9-10-5-2-3-8-13-10/h2-3,5,8,11,14H,4,6-7,9H2,1H3. The average molecular weight is 255 g/mol. The lowest BCUT2D eigenvalue weighted by Gasteiger charge is -2.28. The first-order valence-electron chi connectivity index (χ1n) is 5.73. The van der Waals surface area contributed by atoms with Gasteiger partial charge in [0.1, 0.15) is 0 Å². The van der Waals surface area contributed by atoms with Gasteiger partial charge < -0.3 is 5.11 Å². The molecule has 1 N–H and O–H groups in total. The minimum atomic E-state index is -3.21. The maximum atomic E-state index is 11.7. The summed E-state index contributed by atoms with van der Waals surface area (Å²) in [6.07, 6.45) is 4.99. The molecule has 1 heterocycles. The van der Waals surface area contributed by atoms with Crippen molar-refractivity contribution in [1.29, 1.82) is 0 Å². The lowest BCUT2D eigenvalue weighted by Crippen LogP contribution is -2.44. The zero-order valence-electron chi connectivity index (χ0n) is 9.83. The Morgan fingerprint density at radius 1 is 1.53 bits per heavy atom. The van der Waals surface area contributed by atoms with Crippen LogP contribution in [-0.2, 0) is 16.3 Å². The van der Waals surface area contributed by atoms with Crippen molar-refractivity contribution in [2.24, 2.45) is 0 Å². The molecule has 2 atom stereocenters. The van der Waals surface area contributed by atoms with E-state index in [9.17, 15) is 13.5 Å². The van der Waals surface area contributed by atoms with Crippen LogP contribution >= 0.6 is 0 Å². The molecule has 17 heavy (non-hydrogen) atoms. The van der Waals surface area contributed by atoms with Gasteiger partial charge in [-0.3, -0.25) is 4.98 Å². The summed E-state index contributed by atoms with van der Waals surface area (Å²) in [5.41, 5.74) is -0.410. The molecule has 5 heteroatoms. The van der Waals surface area contributed by atoms with Crippen molar-refractivity contribution in [1.82, 2.24) is 4.98 Å². The zero-order valence-corrected chi connectivity index (χ0v) is 10.7. The predicted molar refractivity (Wildman–Crippen MR) is 65.4 cm³/mol. The van der Waals surface area contributed by atoms with Crippen LogP contribution in [0.1, 0.15) is 25.0 Å². The summed E-state index contributed by atoms with van der Waals surface area (Å²) in [6.45, 7) is 0. The molecule has 1 aliphatic carbocycles. The van der Waals surface area contributed by atoms with Crippen molar-refractivity contribution in [3.63, 3.8) is 0 Å². The number of hydrogen-bond donors (Lipinski definition) is 1. The smallest absolute Gasteiger partial charge is 0.153 e. The van der Waals surface area contributed by atoms with Crippen molar-refractivity contribution in [2.45, 2.75) is 36.5 Å². The third-order valence-electron chi connectivity index (χ3n) is 3.41. The van der Waals surface area contributed by atoms with Crippen molar-refractivity contribution in [2.75, 3.05) is 6.26 Å². The second-order valence-electron chi connectivity index (χ2n) is 4.81. The highest BCUT2D eigenvalue weighted by Gasteiger charge is 2.46. The molecule has 1 aromatic rings. The molecule has 0 aromatic carbocycles. The zero-order chi connectivity index (χ0) is 12.5. The highest BCUT2D eigenvalue weighted by atomic mass is 32.2. The Morgan fingerprint density at radius 3 is 2.88 bits per heavy atom. The fourth-order valence-corrected chi connectivity index (χ4v) is 4.25. The third-order valence-corrected chi connectivity index (χ3v) is 5.11. The molecule has 1 fully saturated rings. The lowest BCUT2D eigenvalue weighted by molar-refractivity contribution is 0.0503. The van der Waals surface area contributed by atoms with Gasteiger partial charge in [-0.05, 0) is 31.4 Å². The van der Waals surface area contributed by atoms with Gasteiger partial charge in [0.15, 0.2) is 9.84 Å². The van der Waals surface area contributed by atoms with E-state index >= 15 is 0 Å². The third kappa shape index (κ3) is 2.66. The van der Waals surface area contributed by atoms with Crippen LogP contribution in [0.25, 0.3) is 0 Å². The van der Waals surface area contributed by atoms with Gasteiger partial charge in [-0.1, -0.05) is 6.07 Å². The van der Waals surface area contributed by atoms with E-state index in [4.69, 9.17) is 0 Å². The number of sulfone groups is 1. The van der Waals surface area contributed by atoms with Crippen molar-refractivity contribution in [3.05, 3.63) is 30.1 Å². The molecule has 94 valence electrons. The van der Waals surface area contributed by atoms with E-state index in [-0.39, 0.29) is 0 Å². The van der Waals surface area contributed by atoms with Gasteiger partial charge in [0, 0.05) is 24.6 Å². The first kappa shape index (κ1) is 12.5. The second-order valence-corrected chi connectivity index (χ2v) is 7.04. The van der Waals surface area contributed by atoms with E-state index in [1.807, 2.05) is 12.1 Å². The molecule has 0 bridgehead atoms. The Balaban J connectivity index is 2.24. The van der Waals surface area contributed by atoms with Gasteiger partial charge in [-0.25, -0.2) is 8.42 Å². The Labute approximate surface area is 102 Å². The Morgan fingerprint density at radius 2 is 2.29 bits per heavy atom. The minimum absolute atomic E-state index is 0.311.